The summed E-state index contributed by atoms with van der Waals surface area (Å²) in [6.07, 6.45) is -0.547. The highest BCUT2D eigenvalue weighted by atomic mass is 35.5. The molecule has 2 aliphatic rings. The predicted octanol–water partition coefficient (Wildman–Crippen LogP) is 5.45. The highest BCUT2D eigenvalue weighted by Gasteiger charge is 2.34. The van der Waals surface area contributed by atoms with Crippen molar-refractivity contribution < 1.29 is 32.2 Å². The summed E-state index contributed by atoms with van der Waals surface area (Å²) in [4.78, 5) is 24.6. The predicted molar refractivity (Wildman–Crippen MR) is 120 cm³/mol. The largest absolute Gasteiger partial charge is 0.572 e. The lowest BCUT2D eigenvalue weighted by Gasteiger charge is -2.28. The Hall–Kier alpha value is -3.20. The summed E-state index contributed by atoms with van der Waals surface area (Å²) < 4.78 is 49.3. The molecule has 0 saturated heterocycles. The van der Waals surface area contributed by atoms with Crippen LogP contribution in [0.2, 0.25) is 0 Å². The highest BCUT2D eigenvalue weighted by molar-refractivity contribution is 6.17. The number of alkyl halides is 4. The molecule has 1 aliphatic carbocycles. The van der Waals surface area contributed by atoms with Gasteiger partial charge in [-0.3, -0.25) is 4.79 Å². The molecule has 1 aromatic heterocycles. The molecule has 2 heterocycles. The Morgan fingerprint density at radius 2 is 2.00 bits per heavy atom. The van der Waals surface area contributed by atoms with Crippen LogP contribution in [0, 0.1) is 0 Å². The number of fused-ring (bicyclic) bond motifs is 1. The van der Waals surface area contributed by atoms with Gasteiger partial charge >= 0.3 is 12.3 Å². The number of carbonyl (C=O) groups excluding carboxylic acids is 2. The van der Waals surface area contributed by atoms with Crippen LogP contribution < -0.4 is 5.32 Å². The summed E-state index contributed by atoms with van der Waals surface area (Å²) in [6, 6.07) is 8.19. The van der Waals surface area contributed by atoms with Crippen LogP contribution in [0.15, 0.2) is 48.2 Å². The quantitative estimate of drug-likeness (QED) is 0.428. The van der Waals surface area contributed by atoms with Gasteiger partial charge in [-0.1, -0.05) is 18.2 Å². The first-order chi connectivity index (χ1) is 16.2. The van der Waals surface area contributed by atoms with Crippen molar-refractivity contribution >= 4 is 29.1 Å². The number of allylic oxidation sites excluding steroid dienone is 4. The maximum absolute atomic E-state index is 12.8. The van der Waals surface area contributed by atoms with Gasteiger partial charge in [0.2, 0.25) is 0 Å². The summed E-state index contributed by atoms with van der Waals surface area (Å²) in [6.45, 7) is 0.372. The third-order valence-electron chi connectivity index (χ3n) is 5.78. The number of aromatic nitrogens is 1. The molecule has 6 nitrogen and oxygen atoms in total. The van der Waals surface area contributed by atoms with Crippen molar-refractivity contribution in [2.24, 2.45) is 0 Å². The zero-order valence-corrected chi connectivity index (χ0v) is 19.0. The smallest absolute Gasteiger partial charge is 0.465 e. The molecule has 180 valence electrons. The Morgan fingerprint density at radius 3 is 2.65 bits per heavy atom. The molecular weight excluding hydrogens is 473 g/mol. The van der Waals surface area contributed by atoms with Crippen molar-refractivity contribution in [3.05, 3.63) is 65.1 Å². The monoisotopic (exact) mass is 494 g/mol. The Balaban J connectivity index is 1.87. The van der Waals surface area contributed by atoms with Gasteiger partial charge in [0, 0.05) is 24.4 Å². The maximum Gasteiger partial charge on any atom is 0.572 e. The van der Waals surface area contributed by atoms with Gasteiger partial charge in [-0.15, -0.1) is 24.8 Å². The topological polar surface area (TPSA) is 69.6 Å². The van der Waals surface area contributed by atoms with E-state index in [1.807, 2.05) is 10.6 Å². The Bertz CT molecular complexity index is 1170. The Morgan fingerprint density at radius 1 is 1.26 bits per heavy atom. The number of benzene rings is 1. The number of nitrogens with zero attached hydrogens (tertiary/aromatic N) is 1. The van der Waals surface area contributed by atoms with Crippen LogP contribution in [-0.4, -0.2) is 42.3 Å². The van der Waals surface area contributed by atoms with Gasteiger partial charge in [0.05, 0.1) is 24.4 Å². The fourth-order valence-corrected chi connectivity index (χ4v) is 4.57. The molecule has 1 unspecified atom stereocenters. The molecule has 1 aromatic carbocycles. The number of halogens is 4. The Labute approximate surface area is 199 Å². The molecule has 1 amide bonds. The van der Waals surface area contributed by atoms with E-state index in [4.69, 9.17) is 16.3 Å². The van der Waals surface area contributed by atoms with E-state index in [1.54, 1.807) is 30.3 Å². The Kier molecular flexibility index (Phi) is 6.74. The molecule has 4 rings (SSSR count). The van der Waals surface area contributed by atoms with Crippen LogP contribution in [0.25, 0.3) is 16.8 Å². The molecule has 0 fully saturated rings. The van der Waals surface area contributed by atoms with Crippen LogP contribution in [0.1, 0.15) is 51.7 Å². The number of rotatable bonds is 6. The molecule has 1 N–H and O–H groups in total. The first-order valence-corrected chi connectivity index (χ1v) is 11.2. The van der Waals surface area contributed by atoms with E-state index in [-0.39, 0.29) is 24.1 Å². The number of carbonyl (C=O) groups is 2. The van der Waals surface area contributed by atoms with Gasteiger partial charge in [0.1, 0.15) is 11.5 Å². The molecule has 1 atom stereocenters. The van der Waals surface area contributed by atoms with Crippen LogP contribution >= 0.6 is 11.6 Å². The van der Waals surface area contributed by atoms with Crippen molar-refractivity contribution in [3.63, 3.8) is 0 Å². The molecule has 0 saturated carbocycles. The zero-order valence-electron chi connectivity index (χ0n) is 18.2. The molecule has 0 bridgehead atoms. The van der Waals surface area contributed by atoms with E-state index in [9.17, 15) is 22.8 Å². The normalized spacial score (nSPS) is 17.9. The van der Waals surface area contributed by atoms with E-state index in [1.165, 1.54) is 13.2 Å². The SMILES string of the molecule is COC(=O)c1ccc(-c2c(C3=CCCC(OC(F)(F)F)=C3)cc3n2C(CCCl)CNC3=O)cc1. The summed E-state index contributed by atoms with van der Waals surface area (Å²) in [7, 11) is 1.29. The van der Waals surface area contributed by atoms with Crippen molar-refractivity contribution in [1.29, 1.82) is 0 Å². The minimum atomic E-state index is -4.79. The average Bonchev–Trinajstić information content (AvgIpc) is 3.21. The number of amides is 1. The van der Waals surface area contributed by atoms with E-state index in [0.717, 1.165) is 0 Å². The first kappa shape index (κ1) is 23.9. The van der Waals surface area contributed by atoms with E-state index in [0.29, 0.717) is 58.9 Å². The summed E-state index contributed by atoms with van der Waals surface area (Å²) in [5.74, 6) is -0.602. The van der Waals surface area contributed by atoms with Crippen LogP contribution in [-0.2, 0) is 9.47 Å². The number of methoxy groups -OCH3 is 1. The van der Waals surface area contributed by atoms with Crippen molar-refractivity contribution in [2.75, 3.05) is 19.5 Å². The molecule has 34 heavy (non-hydrogen) atoms. The lowest BCUT2D eigenvalue weighted by atomic mass is 9.95. The van der Waals surface area contributed by atoms with Gasteiger partial charge in [-0.05, 0) is 48.3 Å². The number of ether oxygens (including phenoxy) is 2. The third kappa shape index (κ3) is 4.84. The van der Waals surface area contributed by atoms with Gasteiger partial charge in [0.25, 0.3) is 5.91 Å². The minimum Gasteiger partial charge on any atom is -0.465 e. The molecule has 10 heteroatoms. The second kappa shape index (κ2) is 9.58. The molecule has 0 radical (unpaired) electrons. The van der Waals surface area contributed by atoms with Gasteiger partial charge < -0.3 is 19.4 Å². The lowest BCUT2D eigenvalue weighted by molar-refractivity contribution is -0.306. The van der Waals surface area contributed by atoms with Gasteiger partial charge in [0.15, 0.2) is 0 Å². The maximum atomic E-state index is 12.8. The first-order valence-electron chi connectivity index (χ1n) is 10.7. The third-order valence-corrected chi connectivity index (χ3v) is 6.00. The van der Waals surface area contributed by atoms with Gasteiger partial charge in [-0.25, -0.2) is 4.79 Å². The van der Waals surface area contributed by atoms with Gasteiger partial charge in [-0.2, -0.15) is 0 Å². The molecule has 2 aromatic rings. The van der Waals surface area contributed by atoms with Crippen molar-refractivity contribution in [3.8, 4) is 11.3 Å². The van der Waals surface area contributed by atoms with Crippen LogP contribution in [0.5, 0.6) is 0 Å². The fraction of sp³-hybridized carbons (Fsp3) is 0.333. The summed E-state index contributed by atoms with van der Waals surface area (Å²) >= 11 is 6.02. The molecule has 1 aliphatic heterocycles. The number of nitrogens with one attached hydrogen (secondary N) is 1. The summed E-state index contributed by atoms with van der Waals surface area (Å²) in [5.41, 5.74) is 3.22. The van der Waals surface area contributed by atoms with E-state index < -0.39 is 12.3 Å². The van der Waals surface area contributed by atoms with E-state index >= 15 is 0 Å². The number of hydrogen-bond donors (Lipinski definition) is 1. The van der Waals surface area contributed by atoms with Crippen LogP contribution in [0.3, 0.4) is 0 Å². The molecular formula is C24H22ClF3N2O4. The number of hydrogen-bond acceptors (Lipinski definition) is 4. The summed E-state index contributed by atoms with van der Waals surface area (Å²) in [5, 5.41) is 2.85. The standard InChI is InChI=1S/C24H22ClF3N2O4/c1-33-23(32)15-7-5-14(6-8-15)21-19(16-3-2-4-18(11-16)34-24(26,27)28)12-20-22(31)29-13-17(9-10-25)30(20)21/h3,5-8,11-12,17H,2,4,9-10,13H2,1H3,(H,29,31). The highest BCUT2D eigenvalue weighted by Crippen LogP contribution is 2.40. The minimum absolute atomic E-state index is 0.120. The van der Waals surface area contributed by atoms with Crippen molar-refractivity contribution in [2.45, 2.75) is 31.7 Å². The second-order valence-electron chi connectivity index (χ2n) is 7.93. The molecule has 0 spiro atoms. The lowest BCUT2D eigenvalue weighted by Crippen LogP contribution is -2.39. The number of esters is 1. The average molecular weight is 495 g/mol. The fourth-order valence-electron chi connectivity index (χ4n) is 4.32. The van der Waals surface area contributed by atoms with Crippen LogP contribution in [0.4, 0.5) is 13.2 Å². The second-order valence-corrected chi connectivity index (χ2v) is 8.31. The zero-order chi connectivity index (χ0) is 24.5. The van der Waals surface area contributed by atoms with E-state index in [2.05, 4.69) is 10.1 Å². The van der Waals surface area contributed by atoms with Crippen molar-refractivity contribution in [1.82, 2.24) is 9.88 Å².